The second-order valence-electron chi connectivity index (χ2n) is 7.35. The molecule has 3 aliphatic heterocycles. The van der Waals surface area contributed by atoms with E-state index in [-0.39, 0.29) is 36.0 Å². The highest BCUT2D eigenvalue weighted by Crippen LogP contribution is 2.58. The van der Waals surface area contributed by atoms with E-state index in [9.17, 15) is 14.7 Å². The Morgan fingerprint density at radius 1 is 1.41 bits per heavy atom. The van der Waals surface area contributed by atoms with Gasteiger partial charge >= 0.3 is 6.09 Å². The fourth-order valence-electron chi connectivity index (χ4n) is 4.95. The van der Waals surface area contributed by atoms with Gasteiger partial charge in [0, 0.05) is 43.3 Å². The lowest BCUT2D eigenvalue weighted by Gasteiger charge is -2.40. The number of amides is 1. The van der Waals surface area contributed by atoms with Crippen molar-refractivity contribution in [1.82, 2.24) is 15.1 Å². The number of carboxylic acid groups (broad SMARTS) is 1. The van der Waals surface area contributed by atoms with Gasteiger partial charge < -0.3 is 30.9 Å². The molecule has 1 aliphatic carbocycles. The normalized spacial score (nSPS) is 34.4. The number of allylic oxidation sites excluding steroid dienone is 2. The molecule has 11 heteroatoms. The molecule has 0 spiro atoms. The molecule has 5 unspecified atom stereocenters. The third-order valence-corrected chi connectivity index (χ3v) is 6.32. The molecule has 29 heavy (non-hydrogen) atoms. The molecule has 2 fully saturated rings. The number of hydrogen-bond donors (Lipinski definition) is 4. The number of nitrogens with zero attached hydrogens (tertiary/aromatic N) is 2. The lowest BCUT2D eigenvalue weighted by Crippen LogP contribution is -2.55. The van der Waals surface area contributed by atoms with E-state index in [0.717, 1.165) is 0 Å². The summed E-state index contributed by atoms with van der Waals surface area (Å²) in [5.41, 5.74) is 4.63. The first-order valence-electron chi connectivity index (χ1n) is 9.17. The van der Waals surface area contributed by atoms with Crippen LogP contribution in [0.25, 0.3) is 0 Å². The molecule has 0 radical (unpaired) electrons. The van der Waals surface area contributed by atoms with Crippen LogP contribution in [0.1, 0.15) is 6.92 Å². The van der Waals surface area contributed by atoms with Crippen LogP contribution >= 0.6 is 11.6 Å². The Hall–Kier alpha value is -2.14. The van der Waals surface area contributed by atoms with Crippen LogP contribution < -0.4 is 11.1 Å². The summed E-state index contributed by atoms with van der Waals surface area (Å²) in [5.74, 6) is -0.629. The maximum Gasteiger partial charge on any atom is 0.402 e. The summed E-state index contributed by atoms with van der Waals surface area (Å²) in [6.45, 7) is 2.43. The van der Waals surface area contributed by atoms with Crippen molar-refractivity contribution in [2.24, 2.45) is 11.7 Å². The number of ketones is 2. The van der Waals surface area contributed by atoms with Gasteiger partial charge in [0.2, 0.25) is 11.6 Å². The van der Waals surface area contributed by atoms with Crippen molar-refractivity contribution < 1.29 is 29.3 Å². The van der Waals surface area contributed by atoms with E-state index in [1.807, 2.05) is 11.9 Å². The summed E-state index contributed by atoms with van der Waals surface area (Å²) >= 11 is 5.72. The zero-order chi connectivity index (χ0) is 21.7. The minimum absolute atomic E-state index is 0.0698. The van der Waals surface area contributed by atoms with Gasteiger partial charge in [-0.15, -0.1) is 11.6 Å². The van der Waals surface area contributed by atoms with E-state index < -0.39 is 17.7 Å². The van der Waals surface area contributed by atoms with Crippen LogP contribution in [-0.4, -0.2) is 95.2 Å². The highest BCUT2D eigenvalue weighted by molar-refractivity contribution is 6.25. The number of piperazine rings is 1. The minimum atomic E-state index is -1.33. The number of nitrogens with one attached hydrogen (secondary N) is 1. The Kier molecular flexibility index (Phi) is 5.65. The summed E-state index contributed by atoms with van der Waals surface area (Å²) in [4.78, 5) is 39.1. The third-order valence-electron chi connectivity index (χ3n) is 6.13. The predicted molar refractivity (Wildman–Crippen MR) is 103 cm³/mol. The Morgan fingerprint density at radius 2 is 2.03 bits per heavy atom. The van der Waals surface area contributed by atoms with Crippen molar-refractivity contribution in [2.75, 3.05) is 39.7 Å². The zero-order valence-corrected chi connectivity index (χ0v) is 17.2. The highest BCUT2D eigenvalue weighted by atomic mass is 35.5. The molecular weight excluding hydrogens is 404 g/mol. The Balaban J connectivity index is 0.000000552. The van der Waals surface area contributed by atoms with Gasteiger partial charge in [-0.05, 0) is 14.0 Å². The summed E-state index contributed by atoms with van der Waals surface area (Å²) in [6, 6.07) is 0.353. The van der Waals surface area contributed by atoms with Crippen LogP contribution in [0.3, 0.4) is 0 Å². The predicted octanol–water partition coefficient (Wildman–Crippen LogP) is -0.919. The van der Waals surface area contributed by atoms with Crippen LogP contribution in [0.15, 0.2) is 22.5 Å². The fourth-order valence-corrected chi connectivity index (χ4v) is 5.05. The first-order chi connectivity index (χ1) is 13.7. The number of ether oxygens (including phenoxy) is 1. The van der Waals surface area contributed by atoms with E-state index in [1.54, 1.807) is 14.0 Å². The number of aliphatic hydroxyl groups is 1. The standard InChI is InChI=1S/C17H22ClN3O4.CH3NO2/c1-8-12(19-5-4-18)15(24)11-9(7-22)17(25-3)16-10(20(16)2)6-21(17)13(11)14(8)23;2-1(3)4/h9-10,16,19,22H,4-7H2,1-3H3;2H2,(H,3,4). The summed E-state index contributed by atoms with van der Waals surface area (Å²) in [7, 11) is 3.59. The fraction of sp³-hybridized carbons (Fsp3) is 0.611. The summed E-state index contributed by atoms with van der Waals surface area (Å²) in [5, 5.41) is 20.3. The second kappa shape index (κ2) is 7.60. The van der Waals surface area contributed by atoms with Crippen molar-refractivity contribution in [2.45, 2.75) is 24.7 Å². The molecule has 4 aliphatic rings. The summed E-state index contributed by atoms with van der Waals surface area (Å²) < 4.78 is 5.91. The van der Waals surface area contributed by atoms with E-state index in [1.165, 1.54) is 0 Å². The molecule has 5 atom stereocenters. The lowest BCUT2D eigenvalue weighted by atomic mass is 9.82. The summed E-state index contributed by atoms with van der Waals surface area (Å²) in [6.07, 6.45) is -1.33. The van der Waals surface area contributed by atoms with Crippen LogP contribution in [-0.2, 0) is 14.3 Å². The largest absolute Gasteiger partial charge is 0.465 e. The first-order valence-corrected chi connectivity index (χ1v) is 9.70. The molecule has 5 N–H and O–H groups in total. The highest BCUT2D eigenvalue weighted by Gasteiger charge is 2.75. The van der Waals surface area contributed by atoms with Gasteiger partial charge in [0.25, 0.3) is 0 Å². The minimum Gasteiger partial charge on any atom is -0.465 e. The Bertz CT molecular complexity index is 823. The Morgan fingerprint density at radius 3 is 2.55 bits per heavy atom. The molecule has 1 amide bonds. The molecular formula is C18H25ClN4O6. The van der Waals surface area contributed by atoms with Gasteiger partial charge in [0.15, 0.2) is 5.72 Å². The SMILES string of the molecule is COC12C(CO)C3=C(C(=O)C(C)=C(NCCCl)C3=O)N1CC1C2N1C.NC(=O)O. The number of carbonyl (C=O) groups is 3. The van der Waals surface area contributed by atoms with E-state index in [2.05, 4.69) is 16.0 Å². The number of primary amides is 1. The number of methoxy groups -OCH3 is 1. The van der Waals surface area contributed by atoms with Gasteiger partial charge in [0.1, 0.15) is 0 Å². The number of rotatable bonds is 5. The molecule has 3 heterocycles. The molecule has 2 saturated heterocycles. The number of fused-ring (bicyclic) bond motifs is 4. The van der Waals surface area contributed by atoms with Crippen molar-refractivity contribution in [3.05, 3.63) is 22.5 Å². The maximum atomic E-state index is 13.1. The van der Waals surface area contributed by atoms with Crippen molar-refractivity contribution in [1.29, 1.82) is 0 Å². The second-order valence-corrected chi connectivity index (χ2v) is 7.73. The van der Waals surface area contributed by atoms with Crippen LogP contribution in [0.4, 0.5) is 4.79 Å². The number of nitrogens with two attached hydrogens (primary N) is 1. The average molecular weight is 429 g/mol. The molecule has 160 valence electrons. The number of hydrogen-bond acceptors (Lipinski definition) is 8. The molecule has 0 bridgehead atoms. The third kappa shape index (κ3) is 2.93. The number of aliphatic hydroxyl groups excluding tert-OH is 1. The number of likely N-dealkylation sites (N-methyl/N-ethyl adjacent to an activating group) is 1. The van der Waals surface area contributed by atoms with E-state index >= 15 is 0 Å². The van der Waals surface area contributed by atoms with Gasteiger partial charge in [-0.3, -0.25) is 14.5 Å². The van der Waals surface area contributed by atoms with E-state index in [0.29, 0.717) is 35.8 Å². The van der Waals surface area contributed by atoms with Crippen LogP contribution in [0, 0.1) is 5.92 Å². The quantitative estimate of drug-likeness (QED) is 0.248. The van der Waals surface area contributed by atoms with Crippen LogP contribution in [0.2, 0.25) is 0 Å². The Labute approximate surface area is 172 Å². The topological polar surface area (TPSA) is 145 Å². The molecule has 0 aromatic rings. The molecule has 0 aromatic heterocycles. The van der Waals surface area contributed by atoms with Crippen molar-refractivity contribution in [3.8, 4) is 0 Å². The average Bonchev–Trinajstić information content (AvgIpc) is 3.05. The zero-order valence-electron chi connectivity index (χ0n) is 16.4. The van der Waals surface area contributed by atoms with Crippen molar-refractivity contribution in [3.63, 3.8) is 0 Å². The maximum absolute atomic E-state index is 13.1. The number of halogens is 1. The van der Waals surface area contributed by atoms with Gasteiger partial charge in [-0.1, -0.05) is 0 Å². The first kappa shape index (κ1) is 21.6. The number of Topliss-reactive ketones (excluding diaryl/α,β-unsaturated/α-hetero) is 2. The lowest BCUT2D eigenvalue weighted by molar-refractivity contribution is -0.144. The van der Waals surface area contributed by atoms with Gasteiger partial charge in [0.05, 0.1) is 30.0 Å². The molecule has 0 saturated carbocycles. The van der Waals surface area contributed by atoms with Gasteiger partial charge in [-0.2, -0.15) is 0 Å². The van der Waals surface area contributed by atoms with Crippen LogP contribution in [0.5, 0.6) is 0 Å². The number of alkyl halides is 1. The molecule has 10 nitrogen and oxygen atoms in total. The van der Waals surface area contributed by atoms with Gasteiger partial charge in [-0.25, -0.2) is 4.79 Å². The van der Waals surface area contributed by atoms with Crippen molar-refractivity contribution >= 4 is 29.3 Å². The molecule has 0 aromatic carbocycles. The monoisotopic (exact) mass is 428 g/mol. The van der Waals surface area contributed by atoms with E-state index in [4.69, 9.17) is 26.2 Å². The smallest absolute Gasteiger partial charge is 0.402 e. The number of carbonyl (C=O) groups excluding carboxylic acids is 2. The molecule has 4 rings (SSSR count).